The van der Waals surface area contributed by atoms with Crippen molar-refractivity contribution in [2.24, 2.45) is 0 Å². The minimum atomic E-state index is -2.25. The van der Waals surface area contributed by atoms with Crippen molar-refractivity contribution in [2.45, 2.75) is 148 Å². The molecule has 0 aliphatic carbocycles. The summed E-state index contributed by atoms with van der Waals surface area (Å²) in [5, 5.41) is 7.18. The largest absolute Gasteiger partial charge is 0.414 e. The quantitative estimate of drug-likeness (QED) is 0.241. The van der Waals surface area contributed by atoms with Crippen LogP contribution in [0.1, 0.15) is 91.8 Å². The lowest BCUT2D eigenvalue weighted by Crippen LogP contribution is -2.54. The summed E-state index contributed by atoms with van der Waals surface area (Å²) in [6, 6.07) is 0. The lowest BCUT2D eigenvalue weighted by molar-refractivity contribution is -0.0200. The van der Waals surface area contributed by atoms with Crippen LogP contribution in [0.3, 0.4) is 0 Å². The van der Waals surface area contributed by atoms with Crippen LogP contribution in [0.25, 0.3) is 0 Å². The number of nitrogens with zero attached hydrogens (tertiary/aromatic N) is 2. The van der Waals surface area contributed by atoms with Crippen LogP contribution in [0.5, 0.6) is 0 Å². The molecule has 2 rings (SSSR count). The number of Topliss-reactive ketones (excluding diaryl/α,β-unsaturated/α-hetero) is 1. The molecule has 1 saturated heterocycles. The molecule has 0 unspecified atom stereocenters. The second-order valence-corrected chi connectivity index (χ2v) is 29.8. The van der Waals surface area contributed by atoms with E-state index in [1.54, 1.807) is 0 Å². The van der Waals surface area contributed by atoms with Gasteiger partial charge in [0.2, 0.25) is 5.82 Å². The number of nitrogens with one attached hydrogen (secondary N) is 1. The van der Waals surface area contributed by atoms with Gasteiger partial charge in [-0.25, -0.2) is 4.98 Å². The number of carbonyl (C=O) groups is 1. The average Bonchev–Trinajstić information content (AvgIpc) is 3.29. The number of hydrogen-bond acceptors (Lipinski definition) is 7. The molecule has 2 heterocycles. The summed E-state index contributed by atoms with van der Waals surface area (Å²) in [7, 11) is -6.51. The molecule has 0 bridgehead atoms. The highest BCUT2D eigenvalue weighted by atomic mass is 28.4. The third kappa shape index (κ3) is 7.32. The van der Waals surface area contributed by atoms with Gasteiger partial charge in [-0.1, -0.05) is 62.3 Å². The molecule has 0 saturated carbocycles. The topological polar surface area (TPSA) is 95.6 Å². The number of rotatable bonds is 9. The van der Waals surface area contributed by atoms with Gasteiger partial charge in [0.05, 0.1) is 6.61 Å². The Bertz CT molecular complexity index is 974. The van der Waals surface area contributed by atoms with Gasteiger partial charge in [0.1, 0.15) is 24.4 Å². The van der Waals surface area contributed by atoms with Crippen LogP contribution >= 0.6 is 0 Å². The Kier molecular flexibility index (Phi) is 9.65. The first kappa shape index (κ1) is 33.5. The molecule has 0 radical (unpaired) electrons. The van der Waals surface area contributed by atoms with Gasteiger partial charge in [0, 0.05) is 6.92 Å². The van der Waals surface area contributed by atoms with Gasteiger partial charge in [0.15, 0.2) is 36.6 Å². The molecule has 1 aromatic heterocycles. The number of carbonyl (C=O) groups excluding carboxylic acids is 1. The molecule has 0 aromatic carbocycles. The lowest BCUT2D eigenvalue weighted by Gasteiger charge is -2.44. The number of ether oxygens (including phenoxy) is 1. The molecule has 1 fully saturated rings. The molecule has 1 aromatic rings. The van der Waals surface area contributed by atoms with Gasteiger partial charge in [0.25, 0.3) is 0 Å². The van der Waals surface area contributed by atoms with Gasteiger partial charge in [-0.2, -0.15) is 5.10 Å². The fraction of sp³-hybridized carbons (Fsp3) is 0.889. The van der Waals surface area contributed by atoms with Gasteiger partial charge in [-0.15, -0.1) is 0 Å². The van der Waals surface area contributed by atoms with Gasteiger partial charge in [-0.3, -0.25) is 9.89 Å². The van der Waals surface area contributed by atoms with E-state index in [1.807, 2.05) is 0 Å². The van der Waals surface area contributed by atoms with Crippen LogP contribution in [0.4, 0.5) is 0 Å². The fourth-order valence-corrected chi connectivity index (χ4v) is 7.08. The number of hydrogen-bond donors (Lipinski definition) is 1. The third-order valence-electron chi connectivity index (χ3n) is 9.29. The normalized spacial score (nSPS) is 24.2. The highest BCUT2D eigenvalue weighted by molar-refractivity contribution is 6.75. The maximum atomic E-state index is 12.0. The van der Waals surface area contributed by atoms with Crippen molar-refractivity contribution in [3.8, 4) is 0 Å². The molecule has 8 nitrogen and oxygen atoms in total. The summed E-state index contributed by atoms with van der Waals surface area (Å²) in [5.74, 6) is 0.453. The first-order chi connectivity index (χ1) is 16.8. The first-order valence-electron chi connectivity index (χ1n) is 13.9. The van der Waals surface area contributed by atoms with E-state index in [0.717, 1.165) is 0 Å². The number of ketones is 1. The maximum Gasteiger partial charge on any atom is 0.217 e. The summed E-state index contributed by atoms with van der Waals surface area (Å²) in [5.41, 5.74) is 0. The second kappa shape index (κ2) is 10.9. The molecule has 1 aliphatic heterocycles. The Balaban J connectivity index is 2.60. The maximum absolute atomic E-state index is 12.0. The van der Waals surface area contributed by atoms with Crippen molar-refractivity contribution in [1.82, 2.24) is 15.2 Å². The minimum Gasteiger partial charge on any atom is -0.414 e. The molecule has 0 amide bonds. The molecule has 0 spiro atoms. The van der Waals surface area contributed by atoms with Crippen molar-refractivity contribution in [3.05, 3.63) is 11.6 Å². The summed E-state index contributed by atoms with van der Waals surface area (Å²) >= 11 is 0. The summed E-state index contributed by atoms with van der Waals surface area (Å²) in [6.45, 7) is 35.5. The van der Waals surface area contributed by atoms with Crippen LogP contribution in [0, 0.1) is 0 Å². The molecular formula is C27H55N3O5Si3. The van der Waals surface area contributed by atoms with E-state index in [9.17, 15) is 4.79 Å². The van der Waals surface area contributed by atoms with Crippen molar-refractivity contribution in [1.29, 1.82) is 0 Å². The predicted molar refractivity (Wildman–Crippen MR) is 161 cm³/mol. The zero-order valence-electron chi connectivity index (χ0n) is 27.0. The van der Waals surface area contributed by atoms with Crippen LogP contribution in [0.2, 0.25) is 54.4 Å². The molecule has 11 heteroatoms. The number of aromatic amines is 1. The lowest BCUT2D eigenvalue weighted by atomic mass is 10.1. The van der Waals surface area contributed by atoms with Crippen molar-refractivity contribution < 1.29 is 22.8 Å². The molecule has 1 aliphatic rings. The van der Waals surface area contributed by atoms with Crippen LogP contribution in [-0.2, 0) is 18.0 Å². The third-order valence-corrected chi connectivity index (χ3v) is 22.7. The summed E-state index contributed by atoms with van der Waals surface area (Å²) in [4.78, 5) is 16.5. The zero-order chi connectivity index (χ0) is 29.7. The Hall–Kier alpha value is -0.699. The van der Waals surface area contributed by atoms with Crippen molar-refractivity contribution >= 4 is 30.7 Å². The molecule has 220 valence electrons. The van der Waals surface area contributed by atoms with E-state index in [2.05, 4.69) is 117 Å². The molecular weight excluding hydrogens is 531 g/mol. The van der Waals surface area contributed by atoms with E-state index in [1.165, 1.54) is 6.92 Å². The molecule has 38 heavy (non-hydrogen) atoms. The standard InChI is InChI=1S/C27H55N3O5Si3/c1-18(31)23-28-24(30-29-23)22-21(35-38(15,16)27(8,9)10)20(34-37(13,14)26(5,6)7)19(33-22)17-32-36(11,12)25(2,3)4/h19-22H,17H2,1-16H3,(H,28,29,30)/t19-,20-,21-,22-/m1/s1. The predicted octanol–water partition coefficient (Wildman–Crippen LogP) is 7.25. The Morgan fingerprint density at radius 3 is 1.66 bits per heavy atom. The van der Waals surface area contributed by atoms with E-state index < -0.39 is 37.2 Å². The highest BCUT2D eigenvalue weighted by Gasteiger charge is 2.55. The van der Waals surface area contributed by atoms with E-state index in [-0.39, 0.29) is 38.9 Å². The van der Waals surface area contributed by atoms with Crippen molar-refractivity contribution in [2.75, 3.05) is 6.61 Å². The minimum absolute atomic E-state index is 0.00544. The van der Waals surface area contributed by atoms with Gasteiger partial charge in [-0.05, 0) is 54.4 Å². The summed E-state index contributed by atoms with van der Waals surface area (Å²) in [6.07, 6.45) is -1.65. The smallest absolute Gasteiger partial charge is 0.217 e. The number of aromatic nitrogens is 3. The van der Waals surface area contributed by atoms with E-state index >= 15 is 0 Å². The SMILES string of the molecule is CC(=O)c1n[nH]c([C@@H]2O[C@H](CO[Si](C)(C)C(C)(C)C)[C@@H](O[Si](C)(C)C(C)(C)C)[C@H]2O[Si](C)(C)C(C)(C)C)n1. The Labute approximate surface area is 234 Å². The fourth-order valence-electron chi connectivity index (χ4n) is 3.45. The Morgan fingerprint density at radius 1 is 0.816 bits per heavy atom. The average molecular weight is 586 g/mol. The van der Waals surface area contributed by atoms with Crippen LogP contribution in [0.15, 0.2) is 0 Å². The monoisotopic (exact) mass is 585 g/mol. The van der Waals surface area contributed by atoms with Crippen LogP contribution < -0.4 is 0 Å². The first-order valence-corrected chi connectivity index (χ1v) is 22.6. The molecule has 4 atom stereocenters. The Morgan fingerprint density at radius 2 is 1.26 bits per heavy atom. The van der Waals surface area contributed by atoms with Crippen molar-refractivity contribution in [3.63, 3.8) is 0 Å². The van der Waals surface area contributed by atoms with E-state index in [0.29, 0.717) is 12.4 Å². The van der Waals surface area contributed by atoms with E-state index in [4.69, 9.17) is 18.0 Å². The molecule has 1 N–H and O–H groups in total. The summed E-state index contributed by atoms with van der Waals surface area (Å²) < 4.78 is 27.6. The zero-order valence-corrected chi connectivity index (χ0v) is 30.0. The van der Waals surface area contributed by atoms with Crippen LogP contribution in [-0.4, -0.2) is 70.8 Å². The van der Waals surface area contributed by atoms with Gasteiger partial charge >= 0.3 is 0 Å². The highest BCUT2D eigenvalue weighted by Crippen LogP contribution is 2.47. The number of H-pyrrole nitrogens is 1. The second-order valence-electron chi connectivity index (χ2n) is 15.5. The van der Waals surface area contributed by atoms with Gasteiger partial charge < -0.3 is 18.0 Å².